The number of ether oxygens (including phenoxy) is 1. The van der Waals surface area contributed by atoms with Crippen molar-refractivity contribution in [3.8, 4) is 0 Å². The summed E-state index contributed by atoms with van der Waals surface area (Å²) in [4.78, 5) is 49.3. The van der Waals surface area contributed by atoms with Gasteiger partial charge in [0.05, 0.1) is 24.0 Å². The third-order valence-electron chi connectivity index (χ3n) is 6.29. The van der Waals surface area contributed by atoms with Crippen LogP contribution in [0.4, 0.5) is 21.0 Å². The number of aromatic carboxylic acids is 1. The van der Waals surface area contributed by atoms with Crippen LogP contribution in [0.3, 0.4) is 0 Å². The number of urea groups is 1. The second kappa shape index (κ2) is 11.3. The molecule has 2 aliphatic rings. The lowest BCUT2D eigenvalue weighted by molar-refractivity contribution is 0.0696. The number of nitrogens with one attached hydrogen (secondary N) is 4. The number of carboxylic acids is 1. The van der Waals surface area contributed by atoms with E-state index in [9.17, 15) is 19.2 Å². The van der Waals surface area contributed by atoms with Crippen LogP contribution in [0.2, 0.25) is 5.02 Å². The van der Waals surface area contributed by atoms with Gasteiger partial charge >= 0.3 is 18.1 Å². The molecular weight excluding hydrogens is 492 g/mol. The number of anilines is 2. The minimum Gasteiger partial charge on any atom is -0.478 e. The van der Waals surface area contributed by atoms with E-state index in [0.717, 1.165) is 0 Å². The Hall–Kier alpha value is -3.80. The molecule has 2 heterocycles. The van der Waals surface area contributed by atoms with Gasteiger partial charge < -0.3 is 30.7 Å². The maximum Gasteiger partial charge on any atom is 0.407 e. The first-order valence-corrected chi connectivity index (χ1v) is 12.0. The van der Waals surface area contributed by atoms with E-state index >= 15 is 0 Å². The Morgan fingerprint density at radius 1 is 1.11 bits per heavy atom. The van der Waals surface area contributed by atoms with Crippen molar-refractivity contribution in [3.05, 3.63) is 51.4 Å². The monoisotopic (exact) mass is 518 g/mol. The Labute approximate surface area is 211 Å². The zero-order valence-corrected chi connectivity index (χ0v) is 20.1. The second-order valence-corrected chi connectivity index (χ2v) is 9.22. The molecule has 13 heteroatoms. The van der Waals surface area contributed by atoms with E-state index < -0.39 is 23.7 Å². The summed E-state index contributed by atoms with van der Waals surface area (Å²) in [5, 5.41) is 23.6. The highest BCUT2D eigenvalue weighted by molar-refractivity contribution is 6.33. The summed E-state index contributed by atoms with van der Waals surface area (Å²) in [6.45, 7) is 1.00. The third-order valence-corrected chi connectivity index (χ3v) is 6.65. The van der Waals surface area contributed by atoms with Crippen LogP contribution < -0.4 is 26.4 Å². The Morgan fingerprint density at radius 3 is 2.56 bits per heavy atom. The van der Waals surface area contributed by atoms with E-state index in [1.165, 1.54) is 18.3 Å². The van der Waals surface area contributed by atoms with Crippen LogP contribution in [0.1, 0.15) is 42.5 Å². The molecule has 5 N–H and O–H groups in total. The molecule has 1 saturated carbocycles. The molecule has 1 aliphatic carbocycles. The fraction of sp³-hybridized carbons (Fsp3) is 0.435. The van der Waals surface area contributed by atoms with Gasteiger partial charge in [-0.1, -0.05) is 17.7 Å². The van der Waals surface area contributed by atoms with Gasteiger partial charge in [-0.15, -0.1) is 0 Å². The first-order chi connectivity index (χ1) is 17.3. The lowest BCUT2D eigenvalue weighted by atomic mass is 9.91. The van der Waals surface area contributed by atoms with Crippen molar-refractivity contribution in [2.75, 3.05) is 23.3 Å². The summed E-state index contributed by atoms with van der Waals surface area (Å²) >= 11 is 6.06. The van der Waals surface area contributed by atoms with Gasteiger partial charge in [0.15, 0.2) is 0 Å². The molecule has 0 bridgehead atoms. The maximum atomic E-state index is 12.4. The number of aromatic amines is 1. The number of H-pyrrole nitrogens is 1. The van der Waals surface area contributed by atoms with Gasteiger partial charge in [-0.3, -0.25) is 4.79 Å². The molecule has 36 heavy (non-hydrogen) atoms. The van der Waals surface area contributed by atoms with Crippen LogP contribution in [0.5, 0.6) is 0 Å². The van der Waals surface area contributed by atoms with Crippen molar-refractivity contribution < 1.29 is 24.2 Å². The van der Waals surface area contributed by atoms with Gasteiger partial charge in [0, 0.05) is 30.7 Å². The normalized spacial score (nSPS) is 21.5. The van der Waals surface area contributed by atoms with Crippen LogP contribution in [0.25, 0.3) is 0 Å². The minimum absolute atomic E-state index is 0.0579. The number of alkyl carbamates (subject to hydrolysis) is 1. The van der Waals surface area contributed by atoms with E-state index in [1.54, 1.807) is 12.1 Å². The summed E-state index contributed by atoms with van der Waals surface area (Å²) < 4.78 is 5.56. The average Bonchev–Trinajstić information content (AvgIpc) is 3.30. The first-order valence-electron chi connectivity index (χ1n) is 11.6. The van der Waals surface area contributed by atoms with Gasteiger partial charge in [0.25, 0.3) is 5.56 Å². The van der Waals surface area contributed by atoms with Gasteiger partial charge in [-0.2, -0.15) is 5.10 Å². The Morgan fingerprint density at radius 2 is 1.83 bits per heavy atom. The quantitative estimate of drug-likeness (QED) is 0.389. The number of benzene rings is 1. The lowest BCUT2D eigenvalue weighted by Crippen LogP contribution is -2.45. The summed E-state index contributed by atoms with van der Waals surface area (Å²) in [6, 6.07) is 5.50. The van der Waals surface area contributed by atoms with Crippen molar-refractivity contribution in [2.24, 2.45) is 0 Å². The molecule has 0 spiro atoms. The van der Waals surface area contributed by atoms with E-state index in [-0.39, 0.29) is 28.8 Å². The zero-order valence-electron chi connectivity index (χ0n) is 19.3. The number of halogens is 1. The number of carbonyl (C=O) groups is 3. The van der Waals surface area contributed by atoms with Crippen molar-refractivity contribution >= 4 is 41.1 Å². The molecule has 1 aromatic heterocycles. The highest BCUT2D eigenvalue weighted by atomic mass is 35.5. The van der Waals surface area contributed by atoms with Crippen molar-refractivity contribution in [2.45, 2.75) is 50.3 Å². The van der Waals surface area contributed by atoms with Gasteiger partial charge in [0.2, 0.25) is 0 Å². The van der Waals surface area contributed by atoms with E-state index in [0.29, 0.717) is 56.6 Å². The number of hydrogen-bond donors (Lipinski definition) is 5. The number of aromatic nitrogens is 2. The molecule has 1 aromatic carbocycles. The number of carbonyl (C=O) groups excluding carboxylic acids is 2. The van der Waals surface area contributed by atoms with Crippen LogP contribution >= 0.6 is 11.6 Å². The molecule has 1 aliphatic heterocycles. The summed E-state index contributed by atoms with van der Waals surface area (Å²) in [7, 11) is 0. The van der Waals surface area contributed by atoms with Crippen molar-refractivity contribution in [3.63, 3.8) is 0 Å². The molecule has 1 saturated heterocycles. The maximum absolute atomic E-state index is 12.4. The van der Waals surface area contributed by atoms with E-state index in [2.05, 4.69) is 26.1 Å². The van der Waals surface area contributed by atoms with Gasteiger partial charge in [-0.25, -0.2) is 19.5 Å². The molecular formula is C23H27ClN6O6. The van der Waals surface area contributed by atoms with Crippen molar-refractivity contribution in [1.82, 2.24) is 20.8 Å². The standard InChI is InChI=1S/C23H27ClN6O6/c24-19-18(11-25-29-20(19)31)30-9-8-17(12-30)36-23(35)28-15-6-4-14(5-7-15)26-22(34)27-16-3-1-2-13(10-16)21(32)33/h1-3,10-11,14-15,17H,4-9,12H2,(H,28,35)(H,29,31)(H,32,33)(H2,26,27,34)/t14-,15-,17?. The molecule has 2 aromatic rings. The zero-order chi connectivity index (χ0) is 25.7. The molecule has 12 nitrogen and oxygen atoms in total. The highest BCUT2D eigenvalue weighted by Gasteiger charge is 2.29. The summed E-state index contributed by atoms with van der Waals surface area (Å²) in [6.07, 6.45) is 3.98. The summed E-state index contributed by atoms with van der Waals surface area (Å²) in [5.74, 6) is -1.07. The Kier molecular flexibility index (Phi) is 7.93. The molecule has 4 rings (SSSR count). The van der Waals surface area contributed by atoms with Crippen LogP contribution in [0, 0.1) is 0 Å². The molecule has 1 atom stereocenters. The molecule has 3 amide bonds. The van der Waals surface area contributed by atoms with Crippen LogP contribution in [-0.4, -0.2) is 64.7 Å². The third kappa shape index (κ3) is 6.45. The van der Waals surface area contributed by atoms with E-state index in [1.807, 2.05) is 4.90 Å². The minimum atomic E-state index is -1.07. The lowest BCUT2D eigenvalue weighted by Gasteiger charge is -2.29. The SMILES string of the molecule is O=C(Nc1cccc(C(=O)O)c1)N[C@H]1CC[C@H](NC(=O)OC2CCN(c3cn[nH]c(=O)c3Cl)C2)CC1. The second-order valence-electron chi connectivity index (χ2n) is 8.84. The fourth-order valence-corrected chi connectivity index (χ4v) is 4.67. The fourth-order valence-electron chi connectivity index (χ4n) is 4.45. The van der Waals surface area contributed by atoms with E-state index in [4.69, 9.17) is 21.4 Å². The number of carboxylic acid groups (broad SMARTS) is 1. The largest absolute Gasteiger partial charge is 0.478 e. The predicted molar refractivity (Wildman–Crippen MR) is 132 cm³/mol. The van der Waals surface area contributed by atoms with Crippen LogP contribution in [0.15, 0.2) is 35.3 Å². The topological polar surface area (TPSA) is 166 Å². The predicted octanol–water partition coefficient (Wildman–Crippen LogP) is 2.56. The van der Waals surface area contributed by atoms with Crippen molar-refractivity contribution in [1.29, 1.82) is 0 Å². The van der Waals surface area contributed by atoms with Gasteiger partial charge in [0.1, 0.15) is 11.1 Å². The number of amides is 3. The number of hydrogen-bond acceptors (Lipinski definition) is 7. The highest BCUT2D eigenvalue weighted by Crippen LogP contribution is 2.26. The molecule has 0 radical (unpaired) electrons. The molecule has 1 unspecified atom stereocenters. The molecule has 192 valence electrons. The number of nitrogens with zero attached hydrogens (tertiary/aromatic N) is 2. The van der Waals surface area contributed by atoms with Gasteiger partial charge in [-0.05, 0) is 43.9 Å². The Bertz CT molecular complexity index is 1180. The number of rotatable bonds is 6. The summed E-state index contributed by atoms with van der Waals surface area (Å²) in [5.41, 5.74) is 0.531. The smallest absolute Gasteiger partial charge is 0.407 e. The molecule has 2 fully saturated rings. The van der Waals surface area contributed by atoms with Crippen LogP contribution in [-0.2, 0) is 4.74 Å². The Balaban J connectivity index is 1.17. The average molecular weight is 519 g/mol. The first kappa shape index (κ1) is 25.3.